The van der Waals surface area contributed by atoms with E-state index in [2.05, 4.69) is 21.0 Å². The summed E-state index contributed by atoms with van der Waals surface area (Å²) < 4.78 is 42.5. The Kier molecular flexibility index (Phi) is 4.87. The van der Waals surface area contributed by atoms with Gasteiger partial charge in [-0.15, -0.1) is 0 Å². The van der Waals surface area contributed by atoms with Gasteiger partial charge in [-0.3, -0.25) is 0 Å². The number of nitriles is 1. The Labute approximate surface area is 193 Å². The predicted octanol–water partition coefficient (Wildman–Crippen LogP) is 6.45. The lowest BCUT2D eigenvalue weighted by Gasteiger charge is -2.13. The molecule has 2 heterocycles. The minimum Gasteiger partial charge on any atom is -0.308 e. The number of hydrogen-bond acceptors (Lipinski definition) is 4. The lowest BCUT2D eigenvalue weighted by molar-refractivity contribution is -0.137. The first-order valence-corrected chi connectivity index (χ1v) is 10.5. The van der Waals surface area contributed by atoms with Crippen LogP contribution < -0.4 is 0 Å². The minimum absolute atomic E-state index is 0.323. The first-order valence-electron chi connectivity index (χ1n) is 10.5. The van der Waals surface area contributed by atoms with Crippen molar-refractivity contribution in [3.05, 3.63) is 82.9 Å². The molecule has 0 atom stereocenters. The van der Waals surface area contributed by atoms with Crippen LogP contribution in [0.5, 0.6) is 0 Å². The van der Waals surface area contributed by atoms with Gasteiger partial charge in [0.25, 0.3) is 0 Å². The molecule has 0 aliphatic heterocycles. The first-order chi connectivity index (χ1) is 16.2. The molecule has 8 heteroatoms. The summed E-state index contributed by atoms with van der Waals surface area (Å²) in [5, 5.41) is 11.3. The third kappa shape index (κ3) is 3.55. The second-order valence-corrected chi connectivity index (χ2v) is 8.18. The van der Waals surface area contributed by atoms with E-state index in [1.54, 1.807) is 36.6 Å². The van der Waals surface area contributed by atoms with E-state index in [1.165, 1.54) is 6.07 Å². The Morgan fingerprint density at radius 1 is 0.794 bits per heavy atom. The SMILES string of the molecule is Cc1ccc2c3ccc(C(F)(F)F)cc3n(-c3cc(-c4nc(C)nc(C)n4)ccc3C#N)c2c1. The Morgan fingerprint density at radius 3 is 2.09 bits per heavy atom. The Hall–Kier alpha value is -4.25. The van der Waals surface area contributed by atoms with Crippen LogP contribution in [0.15, 0.2) is 54.6 Å². The van der Waals surface area contributed by atoms with E-state index < -0.39 is 11.7 Å². The van der Waals surface area contributed by atoms with Gasteiger partial charge in [0, 0.05) is 16.3 Å². The number of benzene rings is 3. The van der Waals surface area contributed by atoms with Crippen molar-refractivity contribution in [3.63, 3.8) is 0 Å². The Bertz CT molecular complexity index is 1620. The highest BCUT2D eigenvalue weighted by atomic mass is 19.4. The zero-order valence-corrected chi connectivity index (χ0v) is 18.6. The average Bonchev–Trinajstić information content (AvgIpc) is 3.09. The molecule has 0 saturated carbocycles. The molecule has 34 heavy (non-hydrogen) atoms. The number of halogens is 3. The Morgan fingerprint density at radius 2 is 1.44 bits per heavy atom. The monoisotopic (exact) mass is 457 g/mol. The molecule has 168 valence electrons. The zero-order valence-electron chi connectivity index (χ0n) is 18.6. The molecule has 0 saturated heterocycles. The molecule has 0 unspecified atom stereocenters. The highest BCUT2D eigenvalue weighted by Gasteiger charge is 2.31. The minimum atomic E-state index is -4.49. The van der Waals surface area contributed by atoms with Crippen LogP contribution >= 0.6 is 0 Å². The molecule has 0 bridgehead atoms. The van der Waals surface area contributed by atoms with Crippen molar-refractivity contribution in [1.29, 1.82) is 5.26 Å². The maximum Gasteiger partial charge on any atom is 0.416 e. The van der Waals surface area contributed by atoms with Gasteiger partial charge in [0.15, 0.2) is 5.82 Å². The number of nitrogens with zero attached hydrogens (tertiary/aromatic N) is 5. The summed E-state index contributed by atoms with van der Waals surface area (Å²) in [4.78, 5) is 13.0. The van der Waals surface area contributed by atoms with Crippen LogP contribution in [-0.2, 0) is 6.18 Å². The predicted molar refractivity (Wildman–Crippen MR) is 124 cm³/mol. The Balaban J connectivity index is 1.89. The number of hydrogen-bond donors (Lipinski definition) is 0. The maximum atomic E-state index is 13.6. The van der Waals surface area contributed by atoms with Crippen molar-refractivity contribution < 1.29 is 13.2 Å². The van der Waals surface area contributed by atoms with Gasteiger partial charge < -0.3 is 4.57 Å². The standard InChI is InChI=1S/C26H18F3N5/c1-14-4-8-20-21-9-7-19(26(27,28)29)12-24(21)34(23(20)10-14)22-11-17(5-6-18(22)13-30)25-32-15(2)31-16(3)33-25/h4-12H,1-3H3. The van der Waals surface area contributed by atoms with Crippen molar-refractivity contribution >= 4 is 21.8 Å². The molecule has 0 fully saturated rings. The second-order valence-electron chi connectivity index (χ2n) is 8.18. The normalized spacial score (nSPS) is 11.8. The van der Waals surface area contributed by atoms with E-state index in [9.17, 15) is 18.4 Å². The quantitative estimate of drug-likeness (QED) is 0.305. The van der Waals surface area contributed by atoms with Crippen LogP contribution in [0.4, 0.5) is 13.2 Å². The van der Waals surface area contributed by atoms with Crippen molar-refractivity contribution in [2.45, 2.75) is 26.9 Å². The van der Waals surface area contributed by atoms with Crippen LogP contribution in [0.25, 0.3) is 38.9 Å². The largest absolute Gasteiger partial charge is 0.416 e. The van der Waals surface area contributed by atoms with E-state index >= 15 is 0 Å². The maximum absolute atomic E-state index is 13.6. The number of alkyl halides is 3. The summed E-state index contributed by atoms with van der Waals surface area (Å²) in [5.41, 5.74) is 2.70. The lowest BCUT2D eigenvalue weighted by atomic mass is 10.1. The van der Waals surface area contributed by atoms with Gasteiger partial charge in [0.1, 0.15) is 17.7 Å². The molecule has 0 amide bonds. The number of aryl methyl sites for hydroxylation is 3. The van der Waals surface area contributed by atoms with Crippen LogP contribution in [0.3, 0.4) is 0 Å². The summed E-state index contributed by atoms with van der Waals surface area (Å²) in [6, 6.07) is 16.7. The molecule has 0 aliphatic carbocycles. The van der Waals surface area contributed by atoms with Gasteiger partial charge >= 0.3 is 6.18 Å². The fourth-order valence-electron chi connectivity index (χ4n) is 4.26. The number of aromatic nitrogens is 4. The molecule has 0 N–H and O–H groups in total. The van der Waals surface area contributed by atoms with Crippen LogP contribution in [0, 0.1) is 32.1 Å². The van der Waals surface area contributed by atoms with Crippen molar-refractivity contribution in [2.24, 2.45) is 0 Å². The van der Waals surface area contributed by atoms with Gasteiger partial charge in [0.2, 0.25) is 0 Å². The molecule has 5 rings (SSSR count). The molecular formula is C26H18F3N5. The molecule has 0 radical (unpaired) electrons. The third-order valence-corrected chi connectivity index (χ3v) is 5.73. The van der Waals surface area contributed by atoms with E-state index in [0.29, 0.717) is 50.7 Å². The number of fused-ring (bicyclic) bond motifs is 3. The van der Waals surface area contributed by atoms with E-state index in [1.807, 2.05) is 25.1 Å². The summed E-state index contributed by atoms with van der Waals surface area (Å²) in [5.74, 6) is 1.54. The van der Waals surface area contributed by atoms with Crippen molar-refractivity contribution in [1.82, 2.24) is 19.5 Å². The fourth-order valence-corrected chi connectivity index (χ4v) is 4.26. The number of rotatable bonds is 2. The van der Waals surface area contributed by atoms with E-state index in [-0.39, 0.29) is 0 Å². The topological polar surface area (TPSA) is 67.4 Å². The van der Waals surface area contributed by atoms with Crippen molar-refractivity contribution in [2.75, 3.05) is 0 Å². The molecular weight excluding hydrogens is 439 g/mol. The molecule has 5 nitrogen and oxygen atoms in total. The smallest absolute Gasteiger partial charge is 0.308 e. The summed E-state index contributed by atoms with van der Waals surface area (Å²) in [6.45, 7) is 5.44. The van der Waals surface area contributed by atoms with Crippen LogP contribution in [0.1, 0.15) is 28.3 Å². The molecule has 0 aliphatic rings. The van der Waals surface area contributed by atoms with E-state index in [0.717, 1.165) is 23.1 Å². The fraction of sp³-hybridized carbons (Fsp3) is 0.154. The summed E-state index contributed by atoms with van der Waals surface area (Å²) >= 11 is 0. The van der Waals surface area contributed by atoms with Gasteiger partial charge in [-0.2, -0.15) is 18.4 Å². The lowest BCUT2D eigenvalue weighted by Crippen LogP contribution is -2.05. The summed E-state index contributed by atoms with van der Waals surface area (Å²) in [7, 11) is 0. The molecule has 2 aromatic heterocycles. The van der Waals surface area contributed by atoms with Gasteiger partial charge in [-0.1, -0.05) is 18.2 Å². The first kappa shape index (κ1) is 21.6. The second kappa shape index (κ2) is 7.66. The molecule has 3 aromatic carbocycles. The molecule has 0 spiro atoms. The molecule has 5 aromatic rings. The zero-order chi connectivity index (χ0) is 24.2. The average molecular weight is 457 g/mol. The highest BCUT2D eigenvalue weighted by Crippen LogP contribution is 2.38. The van der Waals surface area contributed by atoms with Gasteiger partial charge in [-0.25, -0.2) is 15.0 Å². The third-order valence-electron chi connectivity index (χ3n) is 5.73. The van der Waals surface area contributed by atoms with Crippen LogP contribution in [-0.4, -0.2) is 19.5 Å². The van der Waals surface area contributed by atoms with E-state index in [4.69, 9.17) is 0 Å². The highest BCUT2D eigenvalue weighted by molar-refractivity contribution is 6.09. The van der Waals surface area contributed by atoms with Gasteiger partial charge in [0.05, 0.1) is 27.8 Å². The van der Waals surface area contributed by atoms with Gasteiger partial charge in [-0.05, 0) is 62.7 Å². The van der Waals surface area contributed by atoms with Crippen LogP contribution in [0.2, 0.25) is 0 Å². The summed E-state index contributed by atoms with van der Waals surface area (Å²) in [6.07, 6.45) is -4.49. The van der Waals surface area contributed by atoms with Crippen molar-refractivity contribution in [3.8, 4) is 23.1 Å².